The third kappa shape index (κ3) is 1.42. The van der Waals surface area contributed by atoms with Gasteiger partial charge in [-0.25, -0.2) is 0 Å². The van der Waals surface area contributed by atoms with Gasteiger partial charge in [-0.15, -0.1) is 0 Å². The van der Waals surface area contributed by atoms with Gasteiger partial charge in [0.15, 0.2) is 0 Å². The van der Waals surface area contributed by atoms with E-state index in [9.17, 15) is 0 Å². The summed E-state index contributed by atoms with van der Waals surface area (Å²) in [5.41, 5.74) is 8.20. The highest BCUT2D eigenvalue weighted by Crippen LogP contribution is 2.34. The first-order valence-electron chi connectivity index (χ1n) is 4.58. The van der Waals surface area contributed by atoms with Crippen LogP contribution in [-0.2, 0) is 5.41 Å². The van der Waals surface area contributed by atoms with Crippen molar-refractivity contribution in [2.24, 2.45) is 0 Å². The zero-order chi connectivity index (χ0) is 9.64. The van der Waals surface area contributed by atoms with Gasteiger partial charge in [-0.05, 0) is 0 Å². The number of nitrogens with two attached hydrogens (primary N) is 1. The molecule has 1 atom stereocenters. The van der Waals surface area contributed by atoms with Gasteiger partial charge in [-0.1, -0.05) is 20.8 Å². The van der Waals surface area contributed by atoms with Crippen LogP contribution >= 0.6 is 0 Å². The van der Waals surface area contributed by atoms with Crippen LogP contribution in [0.5, 0.6) is 0 Å². The molecule has 0 radical (unpaired) electrons. The standard InChI is InChI=1S/C9H16N4/c1-9(2,3)7-6(5-4-11-5)8(10)13-12-7/h5,11H,4H2,1-3H3,(H3,10,12,13)/t5-/m1/s1. The molecule has 13 heavy (non-hydrogen) atoms. The maximum atomic E-state index is 5.80. The summed E-state index contributed by atoms with van der Waals surface area (Å²) in [6.07, 6.45) is 0. The minimum atomic E-state index is 0.0875. The number of nitrogen functional groups attached to an aromatic ring is 1. The minimum absolute atomic E-state index is 0.0875. The second kappa shape index (κ2) is 2.48. The third-order valence-corrected chi connectivity index (χ3v) is 2.34. The van der Waals surface area contributed by atoms with Gasteiger partial charge < -0.3 is 11.1 Å². The molecule has 1 aliphatic heterocycles. The number of aromatic nitrogens is 2. The van der Waals surface area contributed by atoms with Crippen LogP contribution in [-0.4, -0.2) is 16.7 Å². The largest absolute Gasteiger partial charge is 0.382 e. The van der Waals surface area contributed by atoms with Gasteiger partial charge in [0.05, 0.1) is 6.04 Å². The summed E-state index contributed by atoms with van der Waals surface area (Å²) in [7, 11) is 0. The first kappa shape index (κ1) is 8.56. The van der Waals surface area contributed by atoms with Crippen molar-refractivity contribution in [1.82, 2.24) is 15.5 Å². The lowest BCUT2D eigenvalue weighted by Gasteiger charge is -2.17. The Hall–Kier alpha value is -1.03. The summed E-state index contributed by atoms with van der Waals surface area (Å²) in [4.78, 5) is 0. The normalized spacial score (nSPS) is 21.9. The Kier molecular flexibility index (Phi) is 1.63. The molecule has 1 fully saturated rings. The predicted octanol–water partition coefficient (Wildman–Crippen LogP) is 0.934. The number of rotatable bonds is 1. The Balaban J connectivity index is 2.45. The first-order valence-corrected chi connectivity index (χ1v) is 4.58. The van der Waals surface area contributed by atoms with Gasteiger partial charge in [0.2, 0.25) is 0 Å². The number of nitrogens with one attached hydrogen (secondary N) is 2. The van der Waals surface area contributed by atoms with Gasteiger partial charge in [-0.2, -0.15) is 5.10 Å². The lowest BCUT2D eigenvalue weighted by atomic mass is 9.88. The van der Waals surface area contributed by atoms with Crippen LogP contribution in [0.3, 0.4) is 0 Å². The van der Waals surface area contributed by atoms with Crippen molar-refractivity contribution in [1.29, 1.82) is 0 Å². The fourth-order valence-corrected chi connectivity index (χ4v) is 1.55. The number of hydrogen-bond acceptors (Lipinski definition) is 3. The number of hydrogen-bond donors (Lipinski definition) is 3. The monoisotopic (exact) mass is 180 g/mol. The van der Waals surface area contributed by atoms with Crippen LogP contribution in [0.15, 0.2) is 0 Å². The van der Waals surface area contributed by atoms with Crippen LogP contribution in [0.4, 0.5) is 5.82 Å². The molecule has 72 valence electrons. The average molecular weight is 180 g/mol. The van der Waals surface area contributed by atoms with Gasteiger partial charge in [0, 0.05) is 23.2 Å². The first-order chi connectivity index (χ1) is 6.00. The highest BCUT2D eigenvalue weighted by molar-refractivity contribution is 5.48. The SMILES string of the molecule is CC(C)(C)c1[nH]nc(N)c1[C@H]1CN1. The molecule has 4 nitrogen and oxygen atoms in total. The predicted molar refractivity (Wildman–Crippen MR) is 52.4 cm³/mol. The van der Waals surface area contributed by atoms with E-state index in [-0.39, 0.29) is 5.41 Å². The quantitative estimate of drug-likeness (QED) is 0.563. The fraction of sp³-hybridized carbons (Fsp3) is 0.667. The average Bonchev–Trinajstić information content (AvgIpc) is 2.73. The molecule has 0 aliphatic carbocycles. The summed E-state index contributed by atoms with van der Waals surface area (Å²) >= 11 is 0. The van der Waals surface area contributed by atoms with Gasteiger partial charge >= 0.3 is 0 Å². The van der Waals surface area contributed by atoms with Crippen molar-refractivity contribution in [3.63, 3.8) is 0 Å². The van der Waals surface area contributed by atoms with Crippen LogP contribution in [0.1, 0.15) is 38.1 Å². The Morgan fingerprint density at radius 1 is 1.46 bits per heavy atom. The molecule has 0 amide bonds. The smallest absolute Gasteiger partial charge is 0.150 e. The summed E-state index contributed by atoms with van der Waals surface area (Å²) in [5, 5.41) is 10.3. The molecule has 0 saturated carbocycles. The summed E-state index contributed by atoms with van der Waals surface area (Å²) in [6.45, 7) is 7.50. The van der Waals surface area contributed by atoms with E-state index in [0.717, 1.165) is 17.8 Å². The molecule has 2 heterocycles. The van der Waals surface area contributed by atoms with E-state index in [1.54, 1.807) is 0 Å². The van der Waals surface area contributed by atoms with Crippen molar-refractivity contribution in [3.8, 4) is 0 Å². The van der Waals surface area contributed by atoms with Crippen molar-refractivity contribution in [3.05, 3.63) is 11.3 Å². The lowest BCUT2D eigenvalue weighted by Crippen LogP contribution is -2.14. The summed E-state index contributed by atoms with van der Waals surface area (Å²) in [5.74, 6) is 0.639. The molecule has 0 aromatic carbocycles. The molecular formula is C9H16N4. The summed E-state index contributed by atoms with van der Waals surface area (Å²) in [6, 6.07) is 0.424. The number of aromatic amines is 1. The van der Waals surface area contributed by atoms with E-state index in [1.807, 2.05) is 0 Å². The van der Waals surface area contributed by atoms with E-state index >= 15 is 0 Å². The molecule has 0 spiro atoms. The van der Waals surface area contributed by atoms with E-state index in [4.69, 9.17) is 5.73 Å². The molecule has 0 bridgehead atoms. The van der Waals surface area contributed by atoms with E-state index < -0.39 is 0 Å². The van der Waals surface area contributed by atoms with E-state index in [0.29, 0.717) is 11.9 Å². The molecular weight excluding hydrogens is 164 g/mol. The second-order valence-corrected chi connectivity index (χ2v) is 4.61. The van der Waals surface area contributed by atoms with Crippen LogP contribution in [0.2, 0.25) is 0 Å². The molecule has 0 unspecified atom stereocenters. The van der Waals surface area contributed by atoms with Gasteiger partial charge in [0.25, 0.3) is 0 Å². The van der Waals surface area contributed by atoms with Crippen LogP contribution < -0.4 is 11.1 Å². The lowest BCUT2D eigenvalue weighted by molar-refractivity contribution is 0.560. The third-order valence-electron chi connectivity index (χ3n) is 2.34. The number of H-pyrrole nitrogens is 1. The maximum absolute atomic E-state index is 5.80. The van der Waals surface area contributed by atoms with E-state index in [1.165, 1.54) is 0 Å². The van der Waals surface area contributed by atoms with Gasteiger partial charge in [0.1, 0.15) is 5.82 Å². The molecule has 4 N–H and O–H groups in total. The molecule has 1 aromatic rings. The molecule has 4 heteroatoms. The van der Waals surface area contributed by atoms with Crippen molar-refractivity contribution < 1.29 is 0 Å². The number of anilines is 1. The van der Waals surface area contributed by atoms with Crippen molar-refractivity contribution in [2.75, 3.05) is 12.3 Å². The molecule has 1 aromatic heterocycles. The van der Waals surface area contributed by atoms with Crippen LogP contribution in [0.25, 0.3) is 0 Å². The molecule has 1 saturated heterocycles. The molecule has 1 aliphatic rings. The second-order valence-electron chi connectivity index (χ2n) is 4.61. The van der Waals surface area contributed by atoms with Crippen LogP contribution in [0, 0.1) is 0 Å². The minimum Gasteiger partial charge on any atom is -0.382 e. The topological polar surface area (TPSA) is 76.6 Å². The highest BCUT2D eigenvalue weighted by atomic mass is 15.2. The maximum Gasteiger partial charge on any atom is 0.150 e. The Bertz CT molecular complexity index is 317. The zero-order valence-electron chi connectivity index (χ0n) is 8.31. The van der Waals surface area contributed by atoms with E-state index in [2.05, 4.69) is 36.3 Å². The Morgan fingerprint density at radius 3 is 2.54 bits per heavy atom. The Morgan fingerprint density at radius 2 is 2.08 bits per heavy atom. The zero-order valence-corrected chi connectivity index (χ0v) is 8.31. The Labute approximate surface area is 77.9 Å². The number of nitrogens with zero attached hydrogens (tertiary/aromatic N) is 1. The van der Waals surface area contributed by atoms with Crippen molar-refractivity contribution in [2.45, 2.75) is 32.2 Å². The molecule has 2 rings (SSSR count). The fourth-order valence-electron chi connectivity index (χ4n) is 1.55. The highest BCUT2D eigenvalue weighted by Gasteiger charge is 2.33. The van der Waals surface area contributed by atoms with Crippen molar-refractivity contribution >= 4 is 5.82 Å². The summed E-state index contributed by atoms with van der Waals surface area (Å²) < 4.78 is 0. The van der Waals surface area contributed by atoms with Gasteiger partial charge in [-0.3, -0.25) is 5.10 Å².